The fraction of sp³-hybridized carbons (Fsp3) is 0.467. The molecule has 1 unspecified atom stereocenters. The first kappa shape index (κ1) is 16.8. The van der Waals surface area contributed by atoms with E-state index in [1.54, 1.807) is 12.1 Å². The summed E-state index contributed by atoms with van der Waals surface area (Å²) in [4.78, 5) is 23.9. The Balaban J connectivity index is 2.86. The molecule has 0 bridgehead atoms. The van der Waals surface area contributed by atoms with Crippen molar-refractivity contribution in [2.45, 2.75) is 26.3 Å². The van der Waals surface area contributed by atoms with Crippen molar-refractivity contribution in [3.8, 4) is 5.75 Å². The second kappa shape index (κ2) is 7.52. The minimum absolute atomic E-state index is 0.246. The van der Waals surface area contributed by atoms with E-state index >= 15 is 0 Å². The summed E-state index contributed by atoms with van der Waals surface area (Å²) in [5, 5.41) is 2.67. The molecule has 0 radical (unpaired) electrons. The fourth-order valence-corrected chi connectivity index (χ4v) is 1.94. The highest BCUT2D eigenvalue weighted by atomic mass is 16.5. The Bertz CT molecular complexity index is 514. The Morgan fingerprint density at radius 2 is 1.95 bits per heavy atom. The zero-order valence-electron chi connectivity index (χ0n) is 12.8. The van der Waals surface area contributed by atoms with E-state index in [-0.39, 0.29) is 11.8 Å². The monoisotopic (exact) mass is 294 g/mol. The predicted octanol–water partition coefficient (Wildman–Crippen LogP) is 1.59. The van der Waals surface area contributed by atoms with E-state index in [9.17, 15) is 9.59 Å². The van der Waals surface area contributed by atoms with Crippen molar-refractivity contribution in [3.63, 3.8) is 0 Å². The minimum Gasteiger partial charge on any atom is -0.495 e. The maximum absolute atomic E-state index is 12.2. The average molecular weight is 294 g/mol. The maximum atomic E-state index is 12.2. The van der Waals surface area contributed by atoms with Gasteiger partial charge in [0.15, 0.2) is 0 Å². The first-order valence-electron chi connectivity index (χ1n) is 6.71. The van der Waals surface area contributed by atoms with Crippen molar-refractivity contribution in [3.05, 3.63) is 23.8 Å². The summed E-state index contributed by atoms with van der Waals surface area (Å²) >= 11 is 0. The van der Waals surface area contributed by atoms with Gasteiger partial charge >= 0.3 is 5.97 Å². The number of nitrogens with two attached hydrogens (primary N) is 1. The summed E-state index contributed by atoms with van der Waals surface area (Å²) in [7, 11) is 2.80. The molecule has 0 aliphatic heterocycles. The van der Waals surface area contributed by atoms with Crippen molar-refractivity contribution < 1.29 is 19.1 Å². The summed E-state index contributed by atoms with van der Waals surface area (Å²) in [5.74, 6) is -0.0903. The Morgan fingerprint density at radius 3 is 2.43 bits per heavy atom. The van der Waals surface area contributed by atoms with E-state index in [1.807, 2.05) is 13.8 Å². The highest BCUT2D eigenvalue weighted by molar-refractivity contribution is 5.97. The van der Waals surface area contributed by atoms with Gasteiger partial charge < -0.3 is 20.5 Å². The van der Waals surface area contributed by atoms with Gasteiger partial charge in [-0.25, -0.2) is 4.79 Å². The van der Waals surface area contributed by atoms with Crippen molar-refractivity contribution in [2.24, 2.45) is 5.92 Å². The lowest BCUT2D eigenvalue weighted by Crippen LogP contribution is -2.42. The molecule has 0 saturated carbocycles. The molecule has 0 heterocycles. The molecule has 0 fully saturated rings. The highest BCUT2D eigenvalue weighted by Crippen LogP contribution is 2.22. The third-order valence-electron chi connectivity index (χ3n) is 2.99. The number of ether oxygens (including phenoxy) is 2. The predicted molar refractivity (Wildman–Crippen MR) is 80.1 cm³/mol. The molecule has 0 aliphatic rings. The maximum Gasteiger partial charge on any atom is 0.328 e. The third kappa shape index (κ3) is 4.66. The molecule has 3 N–H and O–H groups in total. The number of rotatable bonds is 6. The fourth-order valence-electron chi connectivity index (χ4n) is 1.94. The van der Waals surface area contributed by atoms with Crippen LogP contribution in [0.2, 0.25) is 0 Å². The number of amides is 1. The van der Waals surface area contributed by atoms with Gasteiger partial charge in [0.25, 0.3) is 5.91 Å². The van der Waals surface area contributed by atoms with E-state index in [4.69, 9.17) is 15.2 Å². The van der Waals surface area contributed by atoms with Crippen LogP contribution in [0.4, 0.5) is 5.69 Å². The third-order valence-corrected chi connectivity index (χ3v) is 2.99. The Labute approximate surface area is 124 Å². The molecule has 0 aliphatic carbocycles. The van der Waals surface area contributed by atoms with Crippen molar-refractivity contribution in [2.75, 3.05) is 20.0 Å². The second-order valence-corrected chi connectivity index (χ2v) is 5.14. The number of carbonyl (C=O) groups is 2. The zero-order chi connectivity index (χ0) is 16.0. The quantitative estimate of drug-likeness (QED) is 0.614. The summed E-state index contributed by atoms with van der Waals surface area (Å²) in [6.45, 7) is 3.93. The summed E-state index contributed by atoms with van der Waals surface area (Å²) in [6, 6.07) is 4.04. The number of carbonyl (C=O) groups excluding carboxylic acids is 2. The SMILES string of the molecule is COC(=O)C(CC(C)C)NC(=O)c1ccc(OC)c(N)c1. The van der Waals surface area contributed by atoms with Gasteiger partial charge in [-0.15, -0.1) is 0 Å². The minimum atomic E-state index is -0.675. The number of benzene rings is 1. The Kier molecular flexibility index (Phi) is 6.02. The lowest BCUT2D eigenvalue weighted by Gasteiger charge is -2.18. The highest BCUT2D eigenvalue weighted by Gasteiger charge is 2.23. The van der Waals surface area contributed by atoms with E-state index in [2.05, 4.69) is 5.32 Å². The molecule has 1 aromatic rings. The molecule has 1 rings (SSSR count). The molecule has 1 atom stereocenters. The molecule has 21 heavy (non-hydrogen) atoms. The van der Waals surface area contributed by atoms with E-state index in [0.717, 1.165) is 0 Å². The smallest absolute Gasteiger partial charge is 0.328 e. The van der Waals surface area contributed by atoms with Crippen molar-refractivity contribution in [1.29, 1.82) is 0 Å². The van der Waals surface area contributed by atoms with E-state index in [1.165, 1.54) is 20.3 Å². The van der Waals surface area contributed by atoms with E-state index in [0.29, 0.717) is 23.4 Å². The normalized spacial score (nSPS) is 11.9. The van der Waals surface area contributed by atoms with Crippen LogP contribution < -0.4 is 15.8 Å². The van der Waals surface area contributed by atoms with Crippen LogP contribution in [0.5, 0.6) is 5.75 Å². The van der Waals surface area contributed by atoms with Crippen LogP contribution in [0.3, 0.4) is 0 Å². The molecule has 1 amide bonds. The molecule has 0 aromatic heterocycles. The van der Waals surface area contributed by atoms with Gasteiger partial charge in [0.2, 0.25) is 0 Å². The van der Waals surface area contributed by atoms with Crippen LogP contribution in [0.1, 0.15) is 30.6 Å². The Hall–Kier alpha value is -2.24. The summed E-state index contributed by atoms with van der Waals surface area (Å²) in [6.07, 6.45) is 0.504. The van der Waals surface area contributed by atoms with Gasteiger partial charge in [-0.2, -0.15) is 0 Å². The van der Waals surface area contributed by atoms with Gasteiger partial charge in [-0.1, -0.05) is 13.8 Å². The summed E-state index contributed by atoms with van der Waals surface area (Å²) < 4.78 is 9.75. The number of methoxy groups -OCH3 is 2. The average Bonchev–Trinajstić information content (AvgIpc) is 2.44. The number of anilines is 1. The number of hydrogen-bond acceptors (Lipinski definition) is 5. The molecule has 116 valence electrons. The second-order valence-electron chi connectivity index (χ2n) is 5.14. The van der Waals surface area contributed by atoms with Gasteiger partial charge in [0.1, 0.15) is 11.8 Å². The van der Waals surface area contributed by atoms with Gasteiger partial charge in [0.05, 0.1) is 19.9 Å². The van der Waals surface area contributed by atoms with Gasteiger partial charge in [-0.3, -0.25) is 4.79 Å². The first-order chi connectivity index (χ1) is 9.88. The van der Waals surface area contributed by atoms with Crippen molar-refractivity contribution in [1.82, 2.24) is 5.32 Å². The topological polar surface area (TPSA) is 90.6 Å². The summed E-state index contributed by atoms with van der Waals surface area (Å²) in [5.41, 5.74) is 6.50. The van der Waals surface area contributed by atoms with Crippen molar-refractivity contribution >= 4 is 17.6 Å². The van der Waals surface area contributed by atoms with Crippen LogP contribution >= 0.6 is 0 Å². The molecule has 6 heteroatoms. The van der Waals surface area contributed by atoms with Crippen LogP contribution in [-0.4, -0.2) is 32.1 Å². The largest absolute Gasteiger partial charge is 0.495 e. The van der Waals surface area contributed by atoms with Crippen LogP contribution in [0.15, 0.2) is 18.2 Å². The zero-order valence-corrected chi connectivity index (χ0v) is 12.8. The number of nitrogens with one attached hydrogen (secondary N) is 1. The van der Waals surface area contributed by atoms with Gasteiger partial charge in [0, 0.05) is 5.56 Å². The number of nitrogen functional groups attached to an aromatic ring is 1. The molecular formula is C15H22N2O4. The molecule has 0 saturated heterocycles. The lowest BCUT2D eigenvalue weighted by atomic mass is 10.0. The molecule has 1 aromatic carbocycles. The van der Waals surface area contributed by atoms with Gasteiger partial charge in [-0.05, 0) is 30.5 Å². The van der Waals surface area contributed by atoms with E-state index < -0.39 is 12.0 Å². The lowest BCUT2D eigenvalue weighted by molar-refractivity contribution is -0.143. The molecular weight excluding hydrogens is 272 g/mol. The standard InChI is InChI=1S/C15H22N2O4/c1-9(2)7-12(15(19)21-4)17-14(18)10-5-6-13(20-3)11(16)8-10/h5-6,8-9,12H,7,16H2,1-4H3,(H,17,18). The number of esters is 1. The van der Waals surface area contributed by atoms with Crippen LogP contribution in [0, 0.1) is 5.92 Å². The number of hydrogen-bond donors (Lipinski definition) is 2. The Morgan fingerprint density at radius 1 is 1.29 bits per heavy atom. The van der Waals surface area contributed by atoms with Crippen LogP contribution in [0.25, 0.3) is 0 Å². The molecule has 6 nitrogen and oxygen atoms in total. The molecule has 0 spiro atoms. The first-order valence-corrected chi connectivity index (χ1v) is 6.71. The van der Waals surface area contributed by atoms with Crippen LogP contribution in [-0.2, 0) is 9.53 Å².